The Balaban J connectivity index is 3.11. The normalized spacial score (nSPS) is 10.7. The molecular formula is C11H14ClFO. The monoisotopic (exact) mass is 216 g/mol. The van der Waals surface area contributed by atoms with Crippen molar-refractivity contribution in [2.75, 3.05) is 7.11 Å². The second kappa shape index (κ2) is 4.65. The lowest BCUT2D eigenvalue weighted by atomic mass is 10.0. The molecule has 0 amide bonds. The number of hydrogen-bond donors (Lipinski definition) is 0. The van der Waals surface area contributed by atoms with E-state index in [1.54, 1.807) is 12.1 Å². The molecule has 0 heterocycles. The molecule has 0 fully saturated rings. The summed E-state index contributed by atoms with van der Waals surface area (Å²) in [6.45, 7) is 4.05. The largest absolute Gasteiger partial charge is 0.494 e. The van der Waals surface area contributed by atoms with Crippen LogP contribution in [0.15, 0.2) is 12.1 Å². The van der Waals surface area contributed by atoms with E-state index in [0.717, 1.165) is 0 Å². The number of halogens is 2. The highest BCUT2D eigenvalue weighted by atomic mass is 35.5. The number of hydrogen-bond acceptors (Lipinski definition) is 1. The summed E-state index contributed by atoms with van der Waals surface area (Å²) in [6.07, 6.45) is 0.627. The Morgan fingerprint density at radius 2 is 2.07 bits per heavy atom. The van der Waals surface area contributed by atoms with Crippen molar-refractivity contribution < 1.29 is 9.13 Å². The Morgan fingerprint density at radius 3 is 2.57 bits per heavy atom. The van der Waals surface area contributed by atoms with Gasteiger partial charge in [-0.15, -0.1) is 0 Å². The highest BCUT2D eigenvalue weighted by Crippen LogP contribution is 2.28. The molecule has 0 aliphatic carbocycles. The molecular weight excluding hydrogens is 203 g/mol. The molecule has 0 saturated heterocycles. The summed E-state index contributed by atoms with van der Waals surface area (Å²) in [4.78, 5) is 0. The fraction of sp³-hybridized carbons (Fsp3) is 0.455. The average Bonchev–Trinajstić information content (AvgIpc) is 2.12. The standard InChI is InChI=1S/C11H14ClFO/c1-7(2)6-8-9(12)4-5-10(14-3)11(8)13/h4-5,7H,6H2,1-3H3. The fourth-order valence-corrected chi connectivity index (χ4v) is 1.55. The van der Waals surface area contributed by atoms with E-state index in [2.05, 4.69) is 0 Å². The van der Waals surface area contributed by atoms with Gasteiger partial charge in [0.1, 0.15) is 0 Å². The fourth-order valence-electron chi connectivity index (χ4n) is 1.33. The molecule has 0 bridgehead atoms. The summed E-state index contributed by atoms with van der Waals surface area (Å²) in [6, 6.07) is 3.21. The summed E-state index contributed by atoms with van der Waals surface area (Å²) < 4.78 is 18.6. The maximum Gasteiger partial charge on any atom is 0.169 e. The van der Waals surface area contributed by atoms with Gasteiger partial charge >= 0.3 is 0 Å². The lowest BCUT2D eigenvalue weighted by Crippen LogP contribution is -2.00. The van der Waals surface area contributed by atoms with Crippen molar-refractivity contribution in [3.63, 3.8) is 0 Å². The Bertz CT molecular complexity index is 323. The van der Waals surface area contributed by atoms with Crippen LogP contribution >= 0.6 is 11.6 Å². The van der Waals surface area contributed by atoms with E-state index >= 15 is 0 Å². The van der Waals surface area contributed by atoms with Crippen molar-refractivity contribution in [2.45, 2.75) is 20.3 Å². The number of methoxy groups -OCH3 is 1. The van der Waals surface area contributed by atoms with E-state index in [-0.39, 0.29) is 11.6 Å². The van der Waals surface area contributed by atoms with Crippen molar-refractivity contribution in [3.8, 4) is 5.75 Å². The summed E-state index contributed by atoms with van der Waals surface area (Å²) >= 11 is 5.91. The zero-order chi connectivity index (χ0) is 10.7. The molecule has 3 heteroatoms. The topological polar surface area (TPSA) is 9.23 Å². The average molecular weight is 217 g/mol. The molecule has 0 unspecified atom stereocenters. The predicted molar refractivity (Wildman–Crippen MR) is 56.5 cm³/mol. The minimum atomic E-state index is -0.339. The van der Waals surface area contributed by atoms with E-state index in [1.807, 2.05) is 13.8 Å². The third-order valence-electron chi connectivity index (χ3n) is 1.98. The minimum Gasteiger partial charge on any atom is -0.494 e. The lowest BCUT2D eigenvalue weighted by molar-refractivity contribution is 0.383. The summed E-state index contributed by atoms with van der Waals surface area (Å²) in [5.41, 5.74) is 0.543. The van der Waals surface area contributed by atoms with Crippen molar-refractivity contribution in [3.05, 3.63) is 28.5 Å². The molecule has 0 radical (unpaired) electrons. The Labute approximate surface area is 88.8 Å². The molecule has 1 nitrogen and oxygen atoms in total. The van der Waals surface area contributed by atoms with Crippen LogP contribution in [0.2, 0.25) is 5.02 Å². The van der Waals surface area contributed by atoms with Gasteiger partial charge in [-0.05, 0) is 24.5 Å². The third kappa shape index (κ3) is 2.38. The zero-order valence-electron chi connectivity index (χ0n) is 8.60. The van der Waals surface area contributed by atoms with Crippen LogP contribution in [0.1, 0.15) is 19.4 Å². The van der Waals surface area contributed by atoms with Crippen LogP contribution < -0.4 is 4.74 Å². The molecule has 0 aliphatic heterocycles. The van der Waals surface area contributed by atoms with Crippen molar-refractivity contribution in [1.29, 1.82) is 0 Å². The molecule has 0 spiro atoms. The van der Waals surface area contributed by atoms with E-state index in [1.165, 1.54) is 7.11 Å². The van der Waals surface area contributed by atoms with Crippen LogP contribution in [0.4, 0.5) is 4.39 Å². The number of ether oxygens (including phenoxy) is 1. The summed E-state index contributed by atoms with van der Waals surface area (Å²) in [7, 11) is 1.45. The maximum absolute atomic E-state index is 13.7. The van der Waals surface area contributed by atoms with Gasteiger partial charge in [-0.25, -0.2) is 4.39 Å². The number of benzene rings is 1. The van der Waals surface area contributed by atoms with Gasteiger partial charge in [-0.1, -0.05) is 25.4 Å². The van der Waals surface area contributed by atoms with Crippen molar-refractivity contribution in [1.82, 2.24) is 0 Å². The second-order valence-corrected chi connectivity index (χ2v) is 4.05. The summed E-state index contributed by atoms with van der Waals surface area (Å²) in [5, 5.41) is 0.469. The van der Waals surface area contributed by atoms with Crippen molar-refractivity contribution >= 4 is 11.6 Å². The Hall–Kier alpha value is -0.760. The Morgan fingerprint density at radius 1 is 1.43 bits per heavy atom. The van der Waals surface area contributed by atoms with Gasteiger partial charge in [0, 0.05) is 10.6 Å². The molecule has 0 atom stereocenters. The number of rotatable bonds is 3. The molecule has 0 aromatic heterocycles. The van der Waals surface area contributed by atoms with E-state index in [0.29, 0.717) is 22.9 Å². The Kier molecular flexibility index (Phi) is 3.76. The second-order valence-electron chi connectivity index (χ2n) is 3.64. The van der Waals surface area contributed by atoms with E-state index in [9.17, 15) is 4.39 Å². The van der Waals surface area contributed by atoms with Gasteiger partial charge in [0.15, 0.2) is 11.6 Å². The SMILES string of the molecule is COc1ccc(Cl)c(CC(C)C)c1F. The first-order valence-electron chi connectivity index (χ1n) is 4.57. The van der Waals surface area contributed by atoms with Crippen LogP contribution in [0.3, 0.4) is 0 Å². The van der Waals surface area contributed by atoms with Gasteiger partial charge in [0.25, 0.3) is 0 Å². The molecule has 78 valence electrons. The highest BCUT2D eigenvalue weighted by molar-refractivity contribution is 6.31. The van der Waals surface area contributed by atoms with Crippen molar-refractivity contribution in [2.24, 2.45) is 5.92 Å². The van der Waals surface area contributed by atoms with E-state index < -0.39 is 0 Å². The first-order chi connectivity index (χ1) is 6.56. The molecule has 0 saturated carbocycles. The zero-order valence-corrected chi connectivity index (χ0v) is 9.36. The molecule has 0 aliphatic rings. The van der Waals surface area contributed by atoms with Gasteiger partial charge in [0.2, 0.25) is 0 Å². The van der Waals surface area contributed by atoms with Crippen LogP contribution in [-0.4, -0.2) is 7.11 Å². The smallest absolute Gasteiger partial charge is 0.169 e. The quantitative estimate of drug-likeness (QED) is 0.749. The van der Waals surface area contributed by atoms with Crippen LogP contribution in [0.5, 0.6) is 5.75 Å². The minimum absolute atomic E-state index is 0.255. The molecule has 1 aromatic carbocycles. The lowest BCUT2D eigenvalue weighted by Gasteiger charge is -2.11. The predicted octanol–water partition coefficient (Wildman–Crippen LogP) is 3.69. The third-order valence-corrected chi connectivity index (χ3v) is 2.34. The summed E-state index contributed by atoms with van der Waals surface area (Å²) in [5.74, 6) is 0.285. The van der Waals surface area contributed by atoms with Crippen LogP contribution in [0.25, 0.3) is 0 Å². The maximum atomic E-state index is 13.7. The van der Waals surface area contributed by atoms with Gasteiger partial charge in [0.05, 0.1) is 7.11 Å². The van der Waals surface area contributed by atoms with Gasteiger partial charge < -0.3 is 4.74 Å². The molecule has 0 N–H and O–H groups in total. The van der Waals surface area contributed by atoms with Crippen LogP contribution in [-0.2, 0) is 6.42 Å². The van der Waals surface area contributed by atoms with Gasteiger partial charge in [-0.2, -0.15) is 0 Å². The molecule has 1 rings (SSSR count). The van der Waals surface area contributed by atoms with Crippen LogP contribution in [0, 0.1) is 11.7 Å². The first kappa shape index (κ1) is 11.3. The molecule has 1 aromatic rings. The van der Waals surface area contributed by atoms with Gasteiger partial charge in [-0.3, -0.25) is 0 Å². The highest BCUT2D eigenvalue weighted by Gasteiger charge is 2.13. The first-order valence-corrected chi connectivity index (χ1v) is 4.95. The van der Waals surface area contributed by atoms with E-state index in [4.69, 9.17) is 16.3 Å². The molecule has 14 heavy (non-hydrogen) atoms.